The van der Waals surface area contributed by atoms with E-state index < -0.39 is 11.7 Å². The summed E-state index contributed by atoms with van der Waals surface area (Å²) >= 11 is 1.24. The molecule has 2 aromatic rings. The Bertz CT molecular complexity index is 698. The Morgan fingerprint density at radius 2 is 2.08 bits per heavy atom. The van der Waals surface area contributed by atoms with Crippen molar-refractivity contribution in [3.8, 4) is 0 Å². The Kier molecular flexibility index (Phi) is 5.82. The first-order valence-electron chi connectivity index (χ1n) is 7.39. The number of carbonyl (C=O) groups excluding carboxylic acids is 1. The Balaban J connectivity index is 1.98. The zero-order valence-corrected chi connectivity index (χ0v) is 14.1. The molecule has 0 fully saturated rings. The maximum atomic E-state index is 12.7. The van der Waals surface area contributed by atoms with E-state index in [2.05, 4.69) is 15.6 Å². The number of thiazole rings is 1. The number of aromatic nitrogens is 1. The molecule has 0 aliphatic rings. The van der Waals surface area contributed by atoms with Crippen LogP contribution in [0.25, 0.3) is 0 Å². The van der Waals surface area contributed by atoms with Gasteiger partial charge in [-0.1, -0.05) is 19.9 Å². The number of amides is 1. The number of carbonyl (C=O) groups is 1. The molecule has 2 rings (SSSR count). The number of alkyl halides is 3. The molecule has 0 unspecified atom stereocenters. The van der Waals surface area contributed by atoms with Crippen LogP contribution in [-0.4, -0.2) is 17.4 Å². The monoisotopic (exact) mass is 357 g/mol. The topological polar surface area (TPSA) is 54.0 Å². The van der Waals surface area contributed by atoms with Gasteiger partial charge >= 0.3 is 6.18 Å². The van der Waals surface area contributed by atoms with Crippen LogP contribution >= 0.6 is 11.3 Å². The lowest BCUT2D eigenvalue weighted by atomic mass is 10.2. The Hall–Kier alpha value is -2.09. The Morgan fingerprint density at radius 1 is 1.33 bits per heavy atom. The highest BCUT2D eigenvalue weighted by Gasteiger charge is 2.30. The van der Waals surface area contributed by atoms with Crippen LogP contribution < -0.4 is 10.6 Å². The predicted molar refractivity (Wildman–Crippen MR) is 88.4 cm³/mol. The minimum absolute atomic E-state index is 0.125. The molecule has 1 amide bonds. The minimum atomic E-state index is -4.39. The molecule has 1 heterocycles. The van der Waals surface area contributed by atoms with Gasteiger partial charge in [0.2, 0.25) is 5.91 Å². The molecule has 0 bridgehead atoms. The molecule has 0 aliphatic heterocycles. The van der Waals surface area contributed by atoms with Crippen molar-refractivity contribution in [3.63, 3.8) is 0 Å². The van der Waals surface area contributed by atoms with Crippen LogP contribution in [0.3, 0.4) is 0 Å². The summed E-state index contributed by atoms with van der Waals surface area (Å²) in [5, 5.41) is 7.79. The van der Waals surface area contributed by atoms with Crippen molar-refractivity contribution in [2.75, 3.05) is 11.9 Å². The van der Waals surface area contributed by atoms with Crippen molar-refractivity contribution in [1.82, 2.24) is 10.3 Å². The van der Waals surface area contributed by atoms with Crippen LogP contribution in [0, 0.1) is 5.92 Å². The average Bonchev–Trinajstić information content (AvgIpc) is 2.91. The van der Waals surface area contributed by atoms with Gasteiger partial charge in [-0.3, -0.25) is 4.79 Å². The van der Waals surface area contributed by atoms with Gasteiger partial charge in [-0.15, -0.1) is 11.3 Å². The quantitative estimate of drug-likeness (QED) is 0.814. The molecule has 0 atom stereocenters. The van der Waals surface area contributed by atoms with E-state index in [-0.39, 0.29) is 12.3 Å². The zero-order chi connectivity index (χ0) is 17.7. The summed E-state index contributed by atoms with van der Waals surface area (Å²) in [6.07, 6.45) is -4.24. The number of rotatable bonds is 6. The molecule has 8 heteroatoms. The highest BCUT2D eigenvalue weighted by atomic mass is 32.1. The van der Waals surface area contributed by atoms with Gasteiger partial charge < -0.3 is 10.6 Å². The zero-order valence-electron chi connectivity index (χ0n) is 13.3. The van der Waals surface area contributed by atoms with Crippen molar-refractivity contribution in [3.05, 3.63) is 40.9 Å². The van der Waals surface area contributed by atoms with Crippen LogP contribution in [0.1, 0.15) is 25.1 Å². The molecule has 0 radical (unpaired) electrons. The highest BCUT2D eigenvalue weighted by molar-refractivity contribution is 7.13. The van der Waals surface area contributed by atoms with Crippen molar-refractivity contribution in [1.29, 1.82) is 0 Å². The summed E-state index contributed by atoms with van der Waals surface area (Å²) in [5.74, 6) is 0.238. The van der Waals surface area contributed by atoms with Crippen molar-refractivity contribution >= 4 is 28.1 Å². The second kappa shape index (κ2) is 7.65. The molecular formula is C16H18F3N3OS. The number of anilines is 2. The SMILES string of the molecule is CC(C)CNC(=O)Cc1csc(Nc2cccc(C(F)(F)F)c2)n1. The fourth-order valence-electron chi connectivity index (χ4n) is 1.89. The number of benzene rings is 1. The Labute approximate surface area is 142 Å². The fourth-order valence-corrected chi connectivity index (χ4v) is 2.62. The average molecular weight is 357 g/mol. The molecule has 130 valence electrons. The van der Waals surface area contributed by atoms with Crippen molar-refractivity contribution < 1.29 is 18.0 Å². The van der Waals surface area contributed by atoms with E-state index in [0.29, 0.717) is 29.0 Å². The molecule has 0 saturated heterocycles. The van der Waals surface area contributed by atoms with Crippen LogP contribution in [0.15, 0.2) is 29.6 Å². The lowest BCUT2D eigenvalue weighted by Crippen LogP contribution is -2.28. The molecule has 0 aliphatic carbocycles. The van der Waals surface area contributed by atoms with Crippen molar-refractivity contribution in [2.24, 2.45) is 5.92 Å². The lowest BCUT2D eigenvalue weighted by molar-refractivity contribution is -0.137. The van der Waals surface area contributed by atoms with Gasteiger partial charge in [0.15, 0.2) is 5.13 Å². The van der Waals surface area contributed by atoms with Crippen LogP contribution in [0.5, 0.6) is 0 Å². The van der Waals surface area contributed by atoms with E-state index in [1.54, 1.807) is 5.38 Å². The van der Waals surface area contributed by atoms with Crippen LogP contribution in [0.2, 0.25) is 0 Å². The number of halogens is 3. The molecule has 1 aromatic heterocycles. The first-order valence-corrected chi connectivity index (χ1v) is 8.27. The largest absolute Gasteiger partial charge is 0.416 e. The van der Waals surface area contributed by atoms with E-state index in [4.69, 9.17) is 0 Å². The number of nitrogens with zero attached hydrogens (tertiary/aromatic N) is 1. The third kappa shape index (κ3) is 5.52. The first kappa shape index (κ1) is 18.3. The molecule has 4 nitrogen and oxygen atoms in total. The number of hydrogen-bond donors (Lipinski definition) is 2. The summed E-state index contributed by atoms with van der Waals surface area (Å²) in [4.78, 5) is 16.0. The summed E-state index contributed by atoms with van der Waals surface area (Å²) < 4.78 is 38.1. The van der Waals surface area contributed by atoms with E-state index >= 15 is 0 Å². The van der Waals surface area contributed by atoms with Crippen LogP contribution in [-0.2, 0) is 17.4 Å². The van der Waals surface area contributed by atoms with E-state index in [9.17, 15) is 18.0 Å². The molecule has 24 heavy (non-hydrogen) atoms. The molecule has 1 aromatic carbocycles. The van der Waals surface area contributed by atoms with Crippen molar-refractivity contribution in [2.45, 2.75) is 26.4 Å². The van der Waals surface area contributed by atoms with E-state index in [0.717, 1.165) is 12.1 Å². The van der Waals surface area contributed by atoms with Gasteiger partial charge in [0.25, 0.3) is 0 Å². The maximum absolute atomic E-state index is 12.7. The third-order valence-electron chi connectivity index (χ3n) is 3.04. The molecule has 0 saturated carbocycles. The summed E-state index contributed by atoms with van der Waals surface area (Å²) in [6.45, 7) is 4.60. The highest BCUT2D eigenvalue weighted by Crippen LogP contribution is 2.31. The Morgan fingerprint density at radius 3 is 2.75 bits per heavy atom. The number of hydrogen-bond acceptors (Lipinski definition) is 4. The third-order valence-corrected chi connectivity index (χ3v) is 3.85. The van der Waals surface area contributed by atoms with E-state index in [1.807, 2.05) is 13.8 Å². The van der Waals surface area contributed by atoms with Gasteiger partial charge in [-0.2, -0.15) is 13.2 Å². The van der Waals surface area contributed by atoms with Gasteiger partial charge in [-0.25, -0.2) is 4.98 Å². The van der Waals surface area contributed by atoms with Crippen LogP contribution in [0.4, 0.5) is 24.0 Å². The normalized spacial score (nSPS) is 11.6. The molecular weight excluding hydrogens is 339 g/mol. The number of nitrogens with one attached hydrogen (secondary N) is 2. The summed E-state index contributed by atoms with van der Waals surface area (Å²) in [7, 11) is 0. The lowest BCUT2D eigenvalue weighted by Gasteiger charge is -2.09. The summed E-state index contributed by atoms with van der Waals surface area (Å²) in [6, 6.07) is 4.90. The van der Waals surface area contributed by atoms with Gasteiger partial charge in [0.05, 0.1) is 17.7 Å². The molecule has 2 N–H and O–H groups in total. The summed E-state index contributed by atoms with van der Waals surface area (Å²) in [5.41, 5.74) is 0.156. The molecule has 0 spiro atoms. The van der Waals surface area contributed by atoms with E-state index in [1.165, 1.54) is 23.5 Å². The van der Waals surface area contributed by atoms with Gasteiger partial charge in [0, 0.05) is 17.6 Å². The van der Waals surface area contributed by atoms with Gasteiger partial charge in [0.1, 0.15) is 0 Å². The minimum Gasteiger partial charge on any atom is -0.356 e. The fraction of sp³-hybridized carbons (Fsp3) is 0.375. The standard InChI is InChI=1S/C16H18F3N3OS/c1-10(2)8-20-14(23)7-13-9-24-15(22-13)21-12-5-3-4-11(6-12)16(17,18)19/h3-6,9-10H,7-8H2,1-2H3,(H,20,23)(H,21,22). The second-order valence-electron chi connectivity index (χ2n) is 5.72. The predicted octanol–water partition coefficient (Wildman–Crippen LogP) is 4.22. The second-order valence-corrected chi connectivity index (χ2v) is 6.58. The first-order chi connectivity index (χ1) is 11.2. The maximum Gasteiger partial charge on any atom is 0.416 e. The van der Waals surface area contributed by atoms with Gasteiger partial charge in [-0.05, 0) is 24.1 Å². The smallest absolute Gasteiger partial charge is 0.356 e.